The summed E-state index contributed by atoms with van der Waals surface area (Å²) in [6, 6.07) is 3.58. The van der Waals surface area contributed by atoms with Gasteiger partial charge in [-0.15, -0.1) is 11.3 Å². The fraction of sp³-hybridized carbons (Fsp3) is 0.438. The summed E-state index contributed by atoms with van der Waals surface area (Å²) in [5, 5.41) is 10.2. The number of hydrogen-bond acceptors (Lipinski definition) is 5. The molecule has 118 valence electrons. The first-order valence-electron chi connectivity index (χ1n) is 7.18. The quantitative estimate of drug-likeness (QED) is 0.876. The highest BCUT2D eigenvalue weighted by Gasteiger charge is 2.24. The molecule has 0 saturated heterocycles. The second kappa shape index (κ2) is 6.04. The number of thiophene rings is 1. The molecule has 1 aliphatic carbocycles. The zero-order valence-corrected chi connectivity index (χ0v) is 13.4. The van der Waals surface area contributed by atoms with Crippen molar-refractivity contribution in [3.05, 3.63) is 17.0 Å². The predicted molar refractivity (Wildman–Crippen MR) is 84.7 cm³/mol. The SMILES string of the molecule is COc1cc2sc(C(=O)O)c(OCC3CCC3)c2cc1OC. The molecule has 0 bridgehead atoms. The minimum absolute atomic E-state index is 0.227. The summed E-state index contributed by atoms with van der Waals surface area (Å²) in [6.45, 7) is 0.570. The Hall–Kier alpha value is -1.95. The summed E-state index contributed by atoms with van der Waals surface area (Å²) < 4.78 is 17.3. The van der Waals surface area contributed by atoms with Crippen molar-refractivity contribution >= 4 is 27.4 Å². The molecule has 1 fully saturated rings. The first-order valence-corrected chi connectivity index (χ1v) is 8.00. The van der Waals surface area contributed by atoms with Crippen molar-refractivity contribution in [1.29, 1.82) is 0 Å². The molecule has 0 atom stereocenters. The summed E-state index contributed by atoms with van der Waals surface area (Å²) in [5.74, 6) is 1.16. The maximum absolute atomic E-state index is 11.5. The summed E-state index contributed by atoms with van der Waals surface area (Å²) in [7, 11) is 3.12. The number of rotatable bonds is 6. The van der Waals surface area contributed by atoms with Gasteiger partial charge in [0.25, 0.3) is 0 Å². The maximum Gasteiger partial charge on any atom is 0.349 e. The molecule has 1 N–H and O–H groups in total. The van der Waals surface area contributed by atoms with E-state index in [-0.39, 0.29) is 4.88 Å². The van der Waals surface area contributed by atoms with Crippen LogP contribution in [0.2, 0.25) is 0 Å². The van der Waals surface area contributed by atoms with Crippen LogP contribution in [-0.4, -0.2) is 31.9 Å². The molecule has 1 aliphatic rings. The van der Waals surface area contributed by atoms with Gasteiger partial charge in [0.2, 0.25) is 0 Å². The van der Waals surface area contributed by atoms with Gasteiger partial charge >= 0.3 is 5.97 Å². The molecule has 1 aromatic carbocycles. The summed E-state index contributed by atoms with van der Waals surface area (Å²) in [4.78, 5) is 11.7. The van der Waals surface area contributed by atoms with Crippen molar-refractivity contribution in [2.45, 2.75) is 19.3 Å². The van der Waals surface area contributed by atoms with Gasteiger partial charge in [-0.2, -0.15) is 0 Å². The lowest BCUT2D eigenvalue weighted by Gasteiger charge is -2.25. The highest BCUT2D eigenvalue weighted by atomic mass is 32.1. The molecule has 2 aromatic rings. The number of fused-ring (bicyclic) bond motifs is 1. The lowest BCUT2D eigenvalue weighted by molar-refractivity contribution is 0.0696. The minimum atomic E-state index is -0.970. The molecule has 3 rings (SSSR count). The third kappa shape index (κ3) is 2.59. The van der Waals surface area contributed by atoms with Gasteiger partial charge in [-0.3, -0.25) is 0 Å². The third-order valence-electron chi connectivity index (χ3n) is 4.03. The Morgan fingerprint density at radius 3 is 2.50 bits per heavy atom. The first-order chi connectivity index (χ1) is 10.6. The average molecular weight is 322 g/mol. The van der Waals surface area contributed by atoms with Crippen molar-refractivity contribution in [2.75, 3.05) is 20.8 Å². The zero-order chi connectivity index (χ0) is 15.7. The molecular formula is C16H18O5S. The van der Waals surface area contributed by atoms with Crippen LogP contribution in [0, 0.1) is 5.92 Å². The second-order valence-electron chi connectivity index (χ2n) is 5.38. The van der Waals surface area contributed by atoms with Crippen molar-refractivity contribution < 1.29 is 24.1 Å². The van der Waals surface area contributed by atoms with Gasteiger partial charge in [-0.1, -0.05) is 6.42 Å². The van der Waals surface area contributed by atoms with Crippen LogP contribution in [-0.2, 0) is 0 Å². The molecule has 1 aromatic heterocycles. The predicted octanol–water partition coefficient (Wildman–Crippen LogP) is 3.80. The standard InChI is InChI=1S/C16H18O5S/c1-19-11-6-10-13(7-12(11)20-2)22-15(16(17)18)14(10)21-8-9-4-3-5-9/h6-7,9H,3-5,8H2,1-2H3,(H,17,18). The van der Waals surface area contributed by atoms with Crippen LogP contribution in [0.3, 0.4) is 0 Å². The van der Waals surface area contributed by atoms with Crippen LogP contribution in [0.15, 0.2) is 12.1 Å². The summed E-state index contributed by atoms with van der Waals surface area (Å²) in [6.07, 6.45) is 3.54. The van der Waals surface area contributed by atoms with Crippen LogP contribution >= 0.6 is 11.3 Å². The Morgan fingerprint density at radius 2 is 1.95 bits per heavy atom. The number of aromatic carboxylic acids is 1. The highest BCUT2D eigenvalue weighted by Crippen LogP contribution is 2.44. The number of carboxylic acids is 1. The van der Waals surface area contributed by atoms with Gasteiger partial charge in [-0.05, 0) is 24.8 Å². The zero-order valence-electron chi connectivity index (χ0n) is 12.5. The van der Waals surface area contributed by atoms with Crippen LogP contribution in [0.1, 0.15) is 28.9 Å². The molecule has 1 saturated carbocycles. The van der Waals surface area contributed by atoms with E-state index in [2.05, 4.69) is 0 Å². The Balaban J connectivity index is 2.04. The first kappa shape index (κ1) is 15.0. The highest BCUT2D eigenvalue weighted by molar-refractivity contribution is 7.21. The summed E-state index contributed by atoms with van der Waals surface area (Å²) in [5.41, 5.74) is 0. The lowest BCUT2D eigenvalue weighted by Crippen LogP contribution is -2.19. The van der Waals surface area contributed by atoms with E-state index in [1.807, 2.05) is 0 Å². The third-order valence-corrected chi connectivity index (χ3v) is 5.15. The Labute approximate surface area is 132 Å². The summed E-state index contributed by atoms with van der Waals surface area (Å²) >= 11 is 1.20. The maximum atomic E-state index is 11.5. The van der Waals surface area contributed by atoms with E-state index < -0.39 is 5.97 Å². The largest absolute Gasteiger partial charge is 0.493 e. The number of ether oxygens (including phenoxy) is 3. The fourth-order valence-electron chi connectivity index (χ4n) is 2.55. The van der Waals surface area contributed by atoms with Crippen molar-refractivity contribution in [3.63, 3.8) is 0 Å². The van der Waals surface area contributed by atoms with Crippen molar-refractivity contribution in [1.82, 2.24) is 0 Å². The Bertz CT molecular complexity index is 702. The smallest absolute Gasteiger partial charge is 0.349 e. The van der Waals surface area contributed by atoms with Gasteiger partial charge in [0.05, 0.1) is 20.8 Å². The van der Waals surface area contributed by atoms with Gasteiger partial charge in [-0.25, -0.2) is 4.79 Å². The van der Waals surface area contributed by atoms with E-state index >= 15 is 0 Å². The number of carboxylic acid groups (broad SMARTS) is 1. The van der Waals surface area contributed by atoms with Gasteiger partial charge in [0, 0.05) is 16.2 Å². The minimum Gasteiger partial charge on any atom is -0.493 e. The van der Waals surface area contributed by atoms with Gasteiger partial charge < -0.3 is 19.3 Å². The molecule has 0 aliphatic heterocycles. The van der Waals surface area contributed by atoms with Crippen molar-refractivity contribution in [2.24, 2.45) is 5.92 Å². The molecule has 0 radical (unpaired) electrons. The van der Waals surface area contributed by atoms with Crippen LogP contribution in [0.4, 0.5) is 0 Å². The number of hydrogen-bond donors (Lipinski definition) is 1. The Kier molecular flexibility index (Phi) is 4.11. The van der Waals surface area contributed by atoms with E-state index in [1.165, 1.54) is 17.8 Å². The molecule has 0 unspecified atom stereocenters. The molecule has 22 heavy (non-hydrogen) atoms. The number of carbonyl (C=O) groups is 1. The van der Waals surface area contributed by atoms with E-state index in [9.17, 15) is 9.90 Å². The van der Waals surface area contributed by atoms with Gasteiger partial charge in [0.15, 0.2) is 22.1 Å². The molecular weight excluding hydrogens is 304 g/mol. The molecule has 6 heteroatoms. The van der Waals surface area contributed by atoms with Crippen LogP contribution in [0.25, 0.3) is 10.1 Å². The second-order valence-corrected chi connectivity index (χ2v) is 6.43. The monoisotopic (exact) mass is 322 g/mol. The fourth-order valence-corrected chi connectivity index (χ4v) is 3.54. The van der Waals surface area contributed by atoms with Gasteiger partial charge in [0.1, 0.15) is 0 Å². The average Bonchev–Trinajstić information content (AvgIpc) is 2.82. The molecule has 0 amide bonds. The molecule has 1 heterocycles. The van der Waals surface area contributed by atoms with Crippen LogP contribution in [0.5, 0.6) is 17.2 Å². The van der Waals surface area contributed by atoms with E-state index in [0.717, 1.165) is 22.9 Å². The van der Waals surface area contributed by atoms with E-state index in [0.29, 0.717) is 29.8 Å². The van der Waals surface area contributed by atoms with E-state index in [4.69, 9.17) is 14.2 Å². The topological polar surface area (TPSA) is 65.0 Å². The molecule has 0 spiro atoms. The lowest BCUT2D eigenvalue weighted by atomic mass is 9.86. The number of benzene rings is 1. The van der Waals surface area contributed by atoms with Crippen molar-refractivity contribution in [3.8, 4) is 17.2 Å². The van der Waals surface area contributed by atoms with Crippen LogP contribution < -0.4 is 14.2 Å². The van der Waals surface area contributed by atoms with E-state index in [1.54, 1.807) is 26.4 Å². The molecule has 5 nitrogen and oxygen atoms in total. The Morgan fingerprint density at radius 1 is 1.27 bits per heavy atom. The number of methoxy groups -OCH3 is 2. The normalized spacial score (nSPS) is 14.6.